The first-order valence-corrected chi connectivity index (χ1v) is 7.74. The summed E-state index contributed by atoms with van der Waals surface area (Å²) in [5, 5.41) is 10.3. The zero-order chi connectivity index (χ0) is 15.1. The highest BCUT2D eigenvalue weighted by atomic mass is 32.1. The van der Waals surface area contributed by atoms with E-state index in [1.165, 1.54) is 17.7 Å². The van der Waals surface area contributed by atoms with Crippen molar-refractivity contribution < 1.29 is 9.90 Å². The third-order valence-corrected chi connectivity index (χ3v) is 5.26. The second-order valence-electron chi connectivity index (χ2n) is 5.55. The quantitative estimate of drug-likeness (QED) is 0.827. The summed E-state index contributed by atoms with van der Waals surface area (Å²) in [5.74, 6) is -0.00689. The van der Waals surface area contributed by atoms with Crippen LogP contribution in [0.1, 0.15) is 28.6 Å². The largest absolute Gasteiger partial charge is 0.393 e. The van der Waals surface area contributed by atoms with Crippen LogP contribution in [0.4, 0.5) is 0 Å². The summed E-state index contributed by atoms with van der Waals surface area (Å²) >= 11 is 1.26. The van der Waals surface area contributed by atoms with Crippen molar-refractivity contribution >= 4 is 27.5 Å². The van der Waals surface area contributed by atoms with Crippen LogP contribution in [0.2, 0.25) is 0 Å². The van der Waals surface area contributed by atoms with Gasteiger partial charge in [-0.25, -0.2) is 4.98 Å². The molecule has 0 bridgehead atoms. The standard InChI is InChI=1S/C14H17N3O3S/c1-7-5-17(4-3-9(7)18)14(20)11-8(2)10-12(19)15-6-16-13(10)21-11/h6-7,9,18H,3-5H2,1-2H3,(H,15,16,19). The number of aromatic amines is 1. The van der Waals surface area contributed by atoms with E-state index in [0.717, 1.165) is 0 Å². The Kier molecular flexibility index (Phi) is 3.54. The van der Waals surface area contributed by atoms with E-state index in [2.05, 4.69) is 9.97 Å². The smallest absolute Gasteiger partial charge is 0.264 e. The third kappa shape index (κ3) is 2.36. The molecule has 1 fully saturated rings. The van der Waals surface area contributed by atoms with Gasteiger partial charge in [0, 0.05) is 13.1 Å². The number of aryl methyl sites for hydroxylation is 1. The summed E-state index contributed by atoms with van der Waals surface area (Å²) in [6.45, 7) is 4.80. The molecular weight excluding hydrogens is 290 g/mol. The Morgan fingerprint density at radius 2 is 2.33 bits per heavy atom. The predicted molar refractivity (Wildman–Crippen MR) is 80.7 cm³/mol. The highest BCUT2D eigenvalue weighted by molar-refractivity contribution is 7.20. The van der Waals surface area contributed by atoms with Crippen molar-refractivity contribution in [2.45, 2.75) is 26.4 Å². The zero-order valence-electron chi connectivity index (χ0n) is 11.9. The molecular formula is C14H17N3O3S. The molecule has 6 nitrogen and oxygen atoms in total. The molecule has 1 aliphatic rings. The molecule has 112 valence electrons. The monoisotopic (exact) mass is 307 g/mol. The molecule has 2 unspecified atom stereocenters. The Morgan fingerprint density at radius 1 is 1.57 bits per heavy atom. The SMILES string of the molecule is Cc1c(C(=O)N2CCC(O)C(C)C2)sc2nc[nH]c(=O)c12. The number of rotatable bonds is 1. The van der Waals surface area contributed by atoms with E-state index in [4.69, 9.17) is 0 Å². The van der Waals surface area contributed by atoms with Gasteiger partial charge >= 0.3 is 0 Å². The predicted octanol–water partition coefficient (Wildman–Crippen LogP) is 1.14. The molecule has 0 aromatic carbocycles. The van der Waals surface area contributed by atoms with Gasteiger partial charge in [0.2, 0.25) is 0 Å². The van der Waals surface area contributed by atoms with Crippen LogP contribution in [-0.2, 0) is 0 Å². The topological polar surface area (TPSA) is 86.3 Å². The van der Waals surface area contributed by atoms with Gasteiger partial charge in [-0.05, 0) is 24.8 Å². The number of carbonyl (C=O) groups is 1. The van der Waals surface area contributed by atoms with E-state index >= 15 is 0 Å². The fourth-order valence-electron chi connectivity index (χ4n) is 2.74. The number of H-pyrrole nitrogens is 1. The lowest BCUT2D eigenvalue weighted by atomic mass is 9.96. The molecule has 2 aromatic heterocycles. The molecule has 3 rings (SSSR count). The number of thiophene rings is 1. The Labute approximate surface area is 125 Å². The first-order chi connectivity index (χ1) is 9.99. The number of fused-ring (bicyclic) bond motifs is 1. The fraction of sp³-hybridized carbons (Fsp3) is 0.500. The summed E-state index contributed by atoms with van der Waals surface area (Å²) in [6.07, 6.45) is 1.60. The van der Waals surface area contributed by atoms with Crippen LogP contribution >= 0.6 is 11.3 Å². The second-order valence-corrected chi connectivity index (χ2v) is 6.55. The number of hydrogen-bond acceptors (Lipinski definition) is 5. The Balaban J connectivity index is 1.97. The first-order valence-electron chi connectivity index (χ1n) is 6.93. The van der Waals surface area contributed by atoms with Gasteiger partial charge in [0.05, 0.1) is 22.7 Å². The van der Waals surface area contributed by atoms with Crippen LogP contribution in [0.5, 0.6) is 0 Å². The van der Waals surface area contributed by atoms with E-state index in [1.54, 1.807) is 11.8 Å². The molecule has 1 saturated heterocycles. The average Bonchev–Trinajstić information content (AvgIpc) is 2.80. The van der Waals surface area contributed by atoms with Crippen molar-refractivity contribution in [1.29, 1.82) is 0 Å². The fourth-order valence-corrected chi connectivity index (χ4v) is 3.86. The first kappa shape index (κ1) is 14.2. The normalized spacial score (nSPS) is 22.7. The van der Waals surface area contributed by atoms with Gasteiger partial charge in [0.1, 0.15) is 4.83 Å². The summed E-state index contributed by atoms with van der Waals surface area (Å²) in [6, 6.07) is 0. The number of nitrogens with zero attached hydrogens (tertiary/aromatic N) is 2. The van der Waals surface area contributed by atoms with E-state index < -0.39 is 0 Å². The highest BCUT2D eigenvalue weighted by Gasteiger charge is 2.30. The molecule has 0 saturated carbocycles. The molecule has 0 aliphatic carbocycles. The van der Waals surface area contributed by atoms with E-state index in [9.17, 15) is 14.7 Å². The number of likely N-dealkylation sites (tertiary alicyclic amines) is 1. The number of aliphatic hydroxyl groups is 1. The van der Waals surface area contributed by atoms with Crippen LogP contribution in [0.15, 0.2) is 11.1 Å². The summed E-state index contributed by atoms with van der Waals surface area (Å²) in [7, 11) is 0. The maximum absolute atomic E-state index is 12.7. The van der Waals surface area contributed by atoms with Crippen LogP contribution in [0.25, 0.3) is 10.2 Å². The van der Waals surface area contributed by atoms with Gasteiger partial charge in [0.15, 0.2) is 0 Å². The highest BCUT2D eigenvalue weighted by Crippen LogP contribution is 2.29. The lowest BCUT2D eigenvalue weighted by molar-refractivity contribution is 0.0300. The van der Waals surface area contributed by atoms with E-state index in [-0.39, 0.29) is 23.5 Å². The van der Waals surface area contributed by atoms with Crippen molar-refractivity contribution in [1.82, 2.24) is 14.9 Å². The van der Waals surface area contributed by atoms with Crippen molar-refractivity contribution in [3.63, 3.8) is 0 Å². The molecule has 7 heteroatoms. The lowest BCUT2D eigenvalue weighted by Gasteiger charge is -2.34. The minimum atomic E-state index is -0.345. The minimum absolute atomic E-state index is 0.0684. The molecule has 0 spiro atoms. The number of amides is 1. The summed E-state index contributed by atoms with van der Waals surface area (Å²) in [4.78, 5) is 34.1. The molecule has 0 radical (unpaired) electrons. The lowest BCUT2D eigenvalue weighted by Crippen LogP contribution is -2.44. The maximum Gasteiger partial charge on any atom is 0.264 e. The molecule has 2 N–H and O–H groups in total. The number of carbonyl (C=O) groups excluding carboxylic acids is 1. The van der Waals surface area contributed by atoms with Gasteiger partial charge in [-0.2, -0.15) is 0 Å². The van der Waals surface area contributed by atoms with Crippen molar-refractivity contribution in [3.05, 3.63) is 27.1 Å². The minimum Gasteiger partial charge on any atom is -0.393 e. The van der Waals surface area contributed by atoms with E-state index in [1.807, 2.05) is 6.92 Å². The number of hydrogen-bond donors (Lipinski definition) is 2. The van der Waals surface area contributed by atoms with E-state index in [0.29, 0.717) is 40.2 Å². The van der Waals surface area contributed by atoms with Gasteiger partial charge in [-0.1, -0.05) is 6.92 Å². The van der Waals surface area contributed by atoms with Gasteiger partial charge in [-0.15, -0.1) is 11.3 Å². The molecule has 2 atom stereocenters. The maximum atomic E-state index is 12.7. The Hall–Kier alpha value is -1.73. The molecule has 2 aromatic rings. The number of aromatic nitrogens is 2. The number of piperidine rings is 1. The van der Waals surface area contributed by atoms with Crippen molar-refractivity contribution in [2.75, 3.05) is 13.1 Å². The summed E-state index contributed by atoms with van der Waals surface area (Å²) in [5.41, 5.74) is 0.475. The Bertz CT molecular complexity index is 751. The van der Waals surface area contributed by atoms with Crippen LogP contribution in [0.3, 0.4) is 0 Å². The number of aliphatic hydroxyl groups excluding tert-OH is 1. The van der Waals surface area contributed by atoms with Gasteiger partial charge in [0.25, 0.3) is 11.5 Å². The summed E-state index contributed by atoms with van der Waals surface area (Å²) < 4.78 is 0. The van der Waals surface area contributed by atoms with Crippen LogP contribution in [0, 0.1) is 12.8 Å². The van der Waals surface area contributed by atoms with Gasteiger partial charge in [-0.3, -0.25) is 9.59 Å². The van der Waals surface area contributed by atoms with Crippen molar-refractivity contribution in [2.24, 2.45) is 5.92 Å². The number of nitrogens with one attached hydrogen (secondary N) is 1. The third-order valence-electron chi connectivity index (χ3n) is 4.07. The van der Waals surface area contributed by atoms with Gasteiger partial charge < -0.3 is 15.0 Å². The molecule has 21 heavy (non-hydrogen) atoms. The van der Waals surface area contributed by atoms with Crippen molar-refractivity contribution in [3.8, 4) is 0 Å². The second kappa shape index (κ2) is 5.23. The zero-order valence-corrected chi connectivity index (χ0v) is 12.7. The Morgan fingerprint density at radius 3 is 3.00 bits per heavy atom. The molecule has 1 amide bonds. The van der Waals surface area contributed by atoms with Crippen LogP contribution < -0.4 is 5.56 Å². The molecule has 3 heterocycles. The van der Waals surface area contributed by atoms with Crippen LogP contribution in [-0.4, -0.2) is 45.1 Å². The average molecular weight is 307 g/mol. The molecule has 1 aliphatic heterocycles.